The summed E-state index contributed by atoms with van der Waals surface area (Å²) < 4.78 is 13.5. The minimum absolute atomic E-state index is 0.159. The van der Waals surface area contributed by atoms with E-state index in [1.807, 2.05) is 0 Å². The summed E-state index contributed by atoms with van der Waals surface area (Å²) in [5.41, 5.74) is 0.694. The number of hydrogen-bond donors (Lipinski definition) is 1. The van der Waals surface area contributed by atoms with Crippen molar-refractivity contribution in [2.24, 2.45) is 5.41 Å². The highest BCUT2D eigenvalue weighted by molar-refractivity contribution is 6.31. The van der Waals surface area contributed by atoms with Gasteiger partial charge < -0.3 is 5.32 Å². The Balaban J connectivity index is 2.46. The van der Waals surface area contributed by atoms with Gasteiger partial charge in [0, 0.05) is 29.6 Å². The van der Waals surface area contributed by atoms with Gasteiger partial charge in [-0.1, -0.05) is 31.5 Å². The largest absolute Gasteiger partial charge is 0.312 e. The Bertz CT molecular complexity index is 360. The van der Waals surface area contributed by atoms with Gasteiger partial charge in [0.2, 0.25) is 0 Å². The van der Waals surface area contributed by atoms with Crippen LogP contribution < -0.4 is 5.32 Å². The van der Waals surface area contributed by atoms with E-state index < -0.39 is 0 Å². The van der Waals surface area contributed by atoms with Crippen LogP contribution in [0, 0.1) is 11.2 Å². The number of halogens is 3. The van der Waals surface area contributed by atoms with Crippen molar-refractivity contribution in [2.75, 3.05) is 12.4 Å². The molecule has 0 fully saturated rings. The highest BCUT2D eigenvalue weighted by atomic mass is 35.5. The van der Waals surface area contributed by atoms with E-state index in [1.165, 1.54) is 6.07 Å². The van der Waals surface area contributed by atoms with Crippen molar-refractivity contribution >= 4 is 23.2 Å². The zero-order chi connectivity index (χ0) is 13.6. The maximum Gasteiger partial charge on any atom is 0.129 e. The molecule has 0 aromatic heterocycles. The van der Waals surface area contributed by atoms with Crippen LogP contribution >= 0.6 is 23.2 Å². The smallest absolute Gasteiger partial charge is 0.129 e. The second-order valence-electron chi connectivity index (χ2n) is 5.26. The molecule has 18 heavy (non-hydrogen) atoms. The fraction of sp³-hybridized carbons (Fsp3) is 0.571. The van der Waals surface area contributed by atoms with E-state index >= 15 is 0 Å². The average Bonchev–Trinajstić information content (AvgIpc) is 2.30. The fourth-order valence-corrected chi connectivity index (χ4v) is 2.22. The number of hydrogen-bond acceptors (Lipinski definition) is 1. The second-order valence-corrected chi connectivity index (χ2v) is 6.05. The van der Waals surface area contributed by atoms with Crippen LogP contribution in [0.1, 0.15) is 32.3 Å². The molecule has 0 aliphatic rings. The van der Waals surface area contributed by atoms with E-state index in [0.717, 1.165) is 19.4 Å². The Kier molecular flexibility index (Phi) is 6.40. The minimum Gasteiger partial charge on any atom is -0.312 e. The van der Waals surface area contributed by atoms with Crippen LogP contribution in [0.2, 0.25) is 5.02 Å². The highest BCUT2D eigenvalue weighted by Crippen LogP contribution is 2.23. The van der Waals surface area contributed by atoms with E-state index in [0.29, 0.717) is 23.0 Å². The average molecular weight is 292 g/mol. The van der Waals surface area contributed by atoms with Gasteiger partial charge in [-0.15, -0.1) is 11.6 Å². The van der Waals surface area contributed by atoms with Crippen LogP contribution in [0.25, 0.3) is 0 Å². The summed E-state index contributed by atoms with van der Waals surface area (Å²) in [6, 6.07) is 4.76. The van der Waals surface area contributed by atoms with Crippen LogP contribution in [0.15, 0.2) is 18.2 Å². The molecule has 0 aliphatic heterocycles. The zero-order valence-corrected chi connectivity index (χ0v) is 12.4. The molecule has 0 heterocycles. The van der Waals surface area contributed by atoms with Gasteiger partial charge in [0.25, 0.3) is 0 Å². The van der Waals surface area contributed by atoms with Crippen LogP contribution in [-0.4, -0.2) is 12.4 Å². The Morgan fingerprint density at radius 1 is 1.33 bits per heavy atom. The predicted molar refractivity (Wildman–Crippen MR) is 76.9 cm³/mol. The first-order valence-corrected chi connectivity index (χ1v) is 7.07. The first kappa shape index (κ1) is 15.7. The lowest BCUT2D eigenvalue weighted by atomic mass is 9.88. The van der Waals surface area contributed by atoms with E-state index in [2.05, 4.69) is 19.2 Å². The Morgan fingerprint density at radius 3 is 2.67 bits per heavy atom. The third kappa shape index (κ3) is 5.13. The van der Waals surface area contributed by atoms with Crippen LogP contribution in [0.5, 0.6) is 0 Å². The monoisotopic (exact) mass is 291 g/mol. The number of nitrogens with one attached hydrogen (secondary N) is 1. The van der Waals surface area contributed by atoms with Crippen molar-refractivity contribution in [1.82, 2.24) is 5.32 Å². The molecule has 0 radical (unpaired) electrons. The molecule has 1 aromatic rings. The molecule has 1 aromatic carbocycles. The lowest BCUT2D eigenvalue weighted by molar-refractivity contribution is 0.310. The first-order valence-electron chi connectivity index (χ1n) is 6.16. The predicted octanol–water partition coefficient (Wildman–Crippen LogP) is 4.61. The molecular weight excluding hydrogens is 272 g/mol. The minimum atomic E-state index is -0.256. The molecule has 1 nitrogen and oxygen atoms in total. The van der Waals surface area contributed by atoms with Crippen LogP contribution in [0.4, 0.5) is 4.39 Å². The normalized spacial score (nSPS) is 11.8. The Hall–Kier alpha value is -0.310. The summed E-state index contributed by atoms with van der Waals surface area (Å²) in [6.07, 6.45) is 2.05. The van der Waals surface area contributed by atoms with Gasteiger partial charge in [-0.25, -0.2) is 4.39 Å². The van der Waals surface area contributed by atoms with Gasteiger partial charge in [0.05, 0.1) is 0 Å². The molecule has 0 saturated carbocycles. The molecular formula is C14H20Cl2FN. The van der Waals surface area contributed by atoms with Crippen molar-refractivity contribution in [3.05, 3.63) is 34.6 Å². The van der Waals surface area contributed by atoms with E-state index in [9.17, 15) is 4.39 Å². The maximum absolute atomic E-state index is 13.5. The number of rotatable bonds is 7. The molecule has 0 amide bonds. The van der Waals surface area contributed by atoms with Crippen LogP contribution in [0.3, 0.4) is 0 Å². The lowest BCUT2D eigenvalue weighted by Crippen LogP contribution is -2.29. The fourth-order valence-electron chi connectivity index (χ4n) is 1.86. The van der Waals surface area contributed by atoms with E-state index in [1.54, 1.807) is 12.1 Å². The van der Waals surface area contributed by atoms with Crippen molar-refractivity contribution in [2.45, 2.75) is 33.2 Å². The molecule has 0 aliphatic carbocycles. The molecule has 102 valence electrons. The SMILES string of the molecule is CC(C)(CCCCl)CNCc1c(F)cccc1Cl. The lowest BCUT2D eigenvalue weighted by Gasteiger charge is -2.25. The molecule has 1 N–H and O–H groups in total. The van der Waals surface area contributed by atoms with Gasteiger partial charge in [0.15, 0.2) is 0 Å². The maximum atomic E-state index is 13.5. The van der Waals surface area contributed by atoms with Crippen LogP contribution in [-0.2, 0) is 6.54 Å². The van der Waals surface area contributed by atoms with Crippen molar-refractivity contribution in [3.63, 3.8) is 0 Å². The Morgan fingerprint density at radius 2 is 2.06 bits per heavy atom. The summed E-state index contributed by atoms with van der Waals surface area (Å²) in [5, 5.41) is 3.74. The van der Waals surface area contributed by atoms with E-state index in [-0.39, 0.29) is 11.2 Å². The first-order chi connectivity index (χ1) is 8.46. The number of alkyl halides is 1. The second kappa shape index (κ2) is 7.32. The molecule has 0 bridgehead atoms. The quantitative estimate of drug-likeness (QED) is 0.723. The van der Waals surface area contributed by atoms with Gasteiger partial charge in [-0.3, -0.25) is 0 Å². The highest BCUT2D eigenvalue weighted by Gasteiger charge is 2.17. The molecule has 1 rings (SSSR count). The van der Waals surface area contributed by atoms with Gasteiger partial charge in [0.1, 0.15) is 5.82 Å². The Labute approximate surface area is 119 Å². The van der Waals surface area contributed by atoms with E-state index in [4.69, 9.17) is 23.2 Å². The molecule has 4 heteroatoms. The van der Waals surface area contributed by atoms with Crippen molar-refractivity contribution in [1.29, 1.82) is 0 Å². The summed E-state index contributed by atoms with van der Waals surface area (Å²) in [4.78, 5) is 0. The molecule has 0 atom stereocenters. The molecule has 0 spiro atoms. The van der Waals surface area contributed by atoms with Gasteiger partial charge in [-0.2, -0.15) is 0 Å². The molecule has 0 saturated heterocycles. The third-order valence-electron chi connectivity index (χ3n) is 2.95. The van der Waals surface area contributed by atoms with Gasteiger partial charge >= 0.3 is 0 Å². The van der Waals surface area contributed by atoms with Gasteiger partial charge in [-0.05, 0) is 30.4 Å². The summed E-state index contributed by atoms with van der Waals surface area (Å²) in [6.45, 7) is 5.62. The standard InChI is InChI=1S/C14H20Cl2FN/c1-14(2,7-4-8-15)10-18-9-11-12(16)5-3-6-13(11)17/h3,5-6,18H,4,7-10H2,1-2H3. The summed E-state index contributed by atoms with van der Waals surface area (Å²) in [5.74, 6) is 0.427. The topological polar surface area (TPSA) is 12.0 Å². The zero-order valence-electron chi connectivity index (χ0n) is 10.9. The summed E-state index contributed by atoms with van der Waals surface area (Å²) in [7, 11) is 0. The number of benzene rings is 1. The third-order valence-corrected chi connectivity index (χ3v) is 3.58. The van der Waals surface area contributed by atoms with Crippen molar-refractivity contribution < 1.29 is 4.39 Å². The van der Waals surface area contributed by atoms with Crippen molar-refractivity contribution in [3.8, 4) is 0 Å². The molecule has 0 unspecified atom stereocenters. The summed E-state index contributed by atoms with van der Waals surface area (Å²) >= 11 is 11.7.